The van der Waals surface area contributed by atoms with Gasteiger partial charge in [0.2, 0.25) is 0 Å². The van der Waals surface area contributed by atoms with Crippen LogP contribution >= 0.6 is 0 Å². The van der Waals surface area contributed by atoms with E-state index in [2.05, 4.69) is 5.32 Å². The first-order chi connectivity index (χ1) is 7.40. The van der Waals surface area contributed by atoms with Crippen molar-refractivity contribution < 1.29 is 9.53 Å². The van der Waals surface area contributed by atoms with E-state index in [9.17, 15) is 4.79 Å². The van der Waals surface area contributed by atoms with Crippen molar-refractivity contribution in [3.05, 3.63) is 0 Å². The highest BCUT2D eigenvalue weighted by atomic mass is 16.6. The molecule has 94 valence electrons. The summed E-state index contributed by atoms with van der Waals surface area (Å²) in [4.78, 5) is 11.5. The van der Waals surface area contributed by atoms with Crippen LogP contribution in [0.15, 0.2) is 0 Å². The molecule has 0 bridgehead atoms. The Bertz CT molecular complexity index is 228. The highest BCUT2D eigenvalue weighted by molar-refractivity contribution is 5.68. The molecule has 0 aromatic heterocycles. The first-order valence-electron chi connectivity index (χ1n) is 6.09. The normalized spacial score (nSPS) is 26.2. The number of alkyl carbamates (subject to hydrolysis) is 1. The van der Waals surface area contributed by atoms with Crippen molar-refractivity contribution in [2.45, 2.75) is 58.1 Å². The lowest BCUT2D eigenvalue weighted by Gasteiger charge is -2.29. The molecule has 1 aliphatic rings. The van der Waals surface area contributed by atoms with Gasteiger partial charge in [0.25, 0.3) is 0 Å². The zero-order chi connectivity index (χ0) is 12.2. The Balaban J connectivity index is 2.26. The number of carbonyl (C=O) groups excluding carboxylic acids is 1. The molecule has 4 heteroatoms. The van der Waals surface area contributed by atoms with Crippen LogP contribution < -0.4 is 11.1 Å². The number of rotatable bonds is 2. The molecule has 0 aliphatic heterocycles. The summed E-state index contributed by atoms with van der Waals surface area (Å²) in [5.41, 5.74) is 5.38. The molecule has 0 atom stereocenters. The van der Waals surface area contributed by atoms with E-state index >= 15 is 0 Å². The van der Waals surface area contributed by atoms with Crippen LogP contribution in [0, 0.1) is 5.92 Å². The topological polar surface area (TPSA) is 64.3 Å². The first-order valence-corrected chi connectivity index (χ1v) is 6.09. The molecule has 0 aromatic carbocycles. The minimum atomic E-state index is -0.302. The van der Waals surface area contributed by atoms with Gasteiger partial charge in [0.15, 0.2) is 0 Å². The van der Waals surface area contributed by atoms with Crippen LogP contribution in [0.3, 0.4) is 0 Å². The van der Waals surface area contributed by atoms with Gasteiger partial charge in [0, 0.05) is 5.54 Å². The van der Waals surface area contributed by atoms with E-state index in [-0.39, 0.29) is 17.7 Å². The Kier molecular flexibility index (Phi) is 4.59. The van der Waals surface area contributed by atoms with Gasteiger partial charge in [-0.1, -0.05) is 0 Å². The van der Waals surface area contributed by atoms with Gasteiger partial charge < -0.3 is 15.8 Å². The van der Waals surface area contributed by atoms with Crippen molar-refractivity contribution in [3.63, 3.8) is 0 Å². The summed E-state index contributed by atoms with van der Waals surface area (Å²) >= 11 is 0. The van der Waals surface area contributed by atoms with Gasteiger partial charge in [0.1, 0.15) is 6.10 Å². The Morgan fingerprint density at radius 1 is 1.31 bits per heavy atom. The van der Waals surface area contributed by atoms with E-state index in [1.165, 1.54) is 0 Å². The summed E-state index contributed by atoms with van der Waals surface area (Å²) in [6.45, 7) is 6.58. The fourth-order valence-corrected chi connectivity index (χ4v) is 1.97. The third-order valence-corrected chi connectivity index (χ3v) is 2.88. The van der Waals surface area contributed by atoms with Crippen molar-refractivity contribution in [1.82, 2.24) is 5.32 Å². The van der Waals surface area contributed by atoms with Gasteiger partial charge >= 0.3 is 6.09 Å². The third-order valence-electron chi connectivity index (χ3n) is 2.88. The zero-order valence-electron chi connectivity index (χ0n) is 10.6. The van der Waals surface area contributed by atoms with Crippen LogP contribution in [0.2, 0.25) is 0 Å². The van der Waals surface area contributed by atoms with Gasteiger partial charge in [-0.15, -0.1) is 0 Å². The number of carbonyl (C=O) groups is 1. The second kappa shape index (κ2) is 5.53. The van der Waals surface area contributed by atoms with Gasteiger partial charge in [-0.05, 0) is 58.9 Å². The number of amides is 1. The molecular weight excluding hydrogens is 204 g/mol. The molecule has 0 saturated heterocycles. The van der Waals surface area contributed by atoms with Crippen LogP contribution in [0.5, 0.6) is 0 Å². The summed E-state index contributed by atoms with van der Waals surface area (Å²) in [5.74, 6) is 0.616. The molecule has 0 aromatic rings. The third kappa shape index (κ3) is 4.84. The molecule has 1 aliphatic carbocycles. The molecule has 0 spiro atoms. The van der Waals surface area contributed by atoms with Crippen molar-refractivity contribution in [2.75, 3.05) is 6.54 Å². The molecule has 0 heterocycles. The van der Waals surface area contributed by atoms with Crippen molar-refractivity contribution in [1.29, 1.82) is 0 Å². The monoisotopic (exact) mass is 228 g/mol. The number of ether oxygens (including phenoxy) is 1. The van der Waals surface area contributed by atoms with E-state index in [1.807, 2.05) is 20.8 Å². The maximum atomic E-state index is 11.5. The second-order valence-corrected chi connectivity index (χ2v) is 5.66. The van der Waals surface area contributed by atoms with Crippen LogP contribution in [0.4, 0.5) is 4.79 Å². The SMILES string of the molecule is CC(C)(C)NC(=O)OC1CCC(CN)CC1. The molecule has 1 amide bonds. The fraction of sp³-hybridized carbons (Fsp3) is 0.917. The van der Waals surface area contributed by atoms with E-state index < -0.39 is 0 Å². The second-order valence-electron chi connectivity index (χ2n) is 5.66. The maximum Gasteiger partial charge on any atom is 0.407 e. The van der Waals surface area contributed by atoms with Crippen molar-refractivity contribution in [3.8, 4) is 0 Å². The van der Waals surface area contributed by atoms with Crippen molar-refractivity contribution >= 4 is 6.09 Å². The van der Waals surface area contributed by atoms with Gasteiger partial charge in [-0.3, -0.25) is 0 Å². The molecule has 1 rings (SSSR count). The van der Waals surface area contributed by atoms with Crippen LogP contribution in [0.1, 0.15) is 46.5 Å². The van der Waals surface area contributed by atoms with E-state index in [0.717, 1.165) is 32.2 Å². The Morgan fingerprint density at radius 2 is 1.88 bits per heavy atom. The predicted octanol–water partition coefficient (Wildman–Crippen LogP) is 2.03. The quantitative estimate of drug-likeness (QED) is 0.760. The van der Waals surface area contributed by atoms with Crippen LogP contribution in [-0.4, -0.2) is 24.3 Å². The summed E-state index contributed by atoms with van der Waals surface area (Å²) < 4.78 is 5.37. The average Bonchev–Trinajstić information content (AvgIpc) is 2.16. The van der Waals surface area contributed by atoms with E-state index in [4.69, 9.17) is 10.5 Å². The number of hydrogen-bond donors (Lipinski definition) is 2. The summed E-state index contributed by atoms with van der Waals surface area (Å²) in [7, 11) is 0. The van der Waals surface area contributed by atoms with Crippen molar-refractivity contribution in [2.24, 2.45) is 11.7 Å². The highest BCUT2D eigenvalue weighted by Gasteiger charge is 2.24. The number of nitrogens with two attached hydrogens (primary N) is 1. The predicted molar refractivity (Wildman–Crippen MR) is 64.2 cm³/mol. The molecular formula is C12H24N2O2. The summed E-state index contributed by atoms with van der Waals surface area (Å²) in [6.07, 6.45) is 3.81. The molecule has 0 unspecified atom stereocenters. The first kappa shape index (κ1) is 13.3. The van der Waals surface area contributed by atoms with Crippen LogP contribution in [0.25, 0.3) is 0 Å². The lowest BCUT2D eigenvalue weighted by Crippen LogP contribution is -2.42. The van der Waals surface area contributed by atoms with E-state index in [1.54, 1.807) is 0 Å². The lowest BCUT2D eigenvalue weighted by atomic mass is 9.87. The number of hydrogen-bond acceptors (Lipinski definition) is 3. The largest absolute Gasteiger partial charge is 0.446 e. The summed E-state index contributed by atoms with van der Waals surface area (Å²) in [6, 6.07) is 0. The Labute approximate surface area is 97.9 Å². The maximum absolute atomic E-state index is 11.5. The molecule has 3 N–H and O–H groups in total. The highest BCUT2D eigenvalue weighted by Crippen LogP contribution is 2.25. The van der Waals surface area contributed by atoms with Crippen LogP contribution in [-0.2, 0) is 4.74 Å². The molecule has 1 saturated carbocycles. The molecule has 0 radical (unpaired) electrons. The average molecular weight is 228 g/mol. The standard InChI is InChI=1S/C12H24N2O2/c1-12(2,3)14-11(15)16-10-6-4-9(8-13)5-7-10/h9-10H,4-8,13H2,1-3H3,(H,14,15). The number of nitrogens with one attached hydrogen (secondary N) is 1. The summed E-state index contributed by atoms with van der Waals surface area (Å²) in [5, 5.41) is 2.81. The minimum Gasteiger partial charge on any atom is -0.446 e. The minimum absolute atomic E-state index is 0.0742. The van der Waals surface area contributed by atoms with Gasteiger partial charge in [-0.2, -0.15) is 0 Å². The molecule has 16 heavy (non-hydrogen) atoms. The molecule has 4 nitrogen and oxygen atoms in total. The van der Waals surface area contributed by atoms with E-state index in [0.29, 0.717) is 5.92 Å². The lowest BCUT2D eigenvalue weighted by molar-refractivity contribution is 0.0608. The Hall–Kier alpha value is -0.770. The smallest absolute Gasteiger partial charge is 0.407 e. The Morgan fingerprint density at radius 3 is 2.31 bits per heavy atom. The van der Waals surface area contributed by atoms with Gasteiger partial charge in [-0.25, -0.2) is 4.79 Å². The zero-order valence-corrected chi connectivity index (χ0v) is 10.6. The van der Waals surface area contributed by atoms with Gasteiger partial charge in [0.05, 0.1) is 0 Å². The molecule has 1 fully saturated rings. The fourth-order valence-electron chi connectivity index (χ4n) is 1.97.